The van der Waals surface area contributed by atoms with E-state index in [2.05, 4.69) is 4.98 Å². The van der Waals surface area contributed by atoms with Crippen LogP contribution >= 0.6 is 0 Å². The van der Waals surface area contributed by atoms with E-state index in [1.807, 2.05) is 30.3 Å². The second-order valence-corrected chi connectivity index (χ2v) is 3.81. The molecule has 2 aromatic rings. The molecule has 2 N–H and O–H groups in total. The maximum absolute atomic E-state index is 11.6. The molecule has 0 fully saturated rings. The third kappa shape index (κ3) is 2.51. The smallest absolute Gasteiger partial charge is 0.360 e. The third-order valence-corrected chi connectivity index (χ3v) is 2.54. The first-order valence-corrected chi connectivity index (χ1v) is 5.74. The molecule has 0 spiro atoms. The number of nitrogens with two attached hydrogens (primary N) is 1. The predicted octanol–water partition coefficient (Wildman–Crippen LogP) is 1.69. The van der Waals surface area contributed by atoms with Gasteiger partial charge in [-0.25, -0.2) is 9.78 Å². The van der Waals surface area contributed by atoms with Gasteiger partial charge in [-0.2, -0.15) is 0 Å². The zero-order valence-electron chi connectivity index (χ0n) is 10.2. The molecule has 0 amide bonds. The molecule has 94 valence electrons. The SMILES string of the molecule is CCOC(=O)c1ncn(Cc2ccccc2)c1N. The van der Waals surface area contributed by atoms with Crippen LogP contribution in [0.1, 0.15) is 23.0 Å². The van der Waals surface area contributed by atoms with Gasteiger partial charge >= 0.3 is 5.97 Å². The van der Waals surface area contributed by atoms with Gasteiger partial charge in [-0.3, -0.25) is 0 Å². The van der Waals surface area contributed by atoms with Gasteiger partial charge in [-0.15, -0.1) is 0 Å². The van der Waals surface area contributed by atoms with Crippen molar-refractivity contribution in [3.8, 4) is 0 Å². The van der Waals surface area contributed by atoms with Crippen LogP contribution < -0.4 is 5.73 Å². The lowest BCUT2D eigenvalue weighted by Gasteiger charge is -2.05. The Bertz CT molecular complexity index is 534. The summed E-state index contributed by atoms with van der Waals surface area (Å²) in [6.45, 7) is 2.64. The number of nitrogen functional groups attached to an aromatic ring is 1. The average Bonchev–Trinajstić information content (AvgIpc) is 2.73. The van der Waals surface area contributed by atoms with E-state index in [1.54, 1.807) is 17.8 Å². The summed E-state index contributed by atoms with van der Waals surface area (Å²) in [6.07, 6.45) is 1.55. The number of esters is 1. The van der Waals surface area contributed by atoms with E-state index in [4.69, 9.17) is 10.5 Å². The molecule has 1 aromatic heterocycles. The van der Waals surface area contributed by atoms with Gasteiger partial charge in [0.25, 0.3) is 0 Å². The van der Waals surface area contributed by atoms with Crippen molar-refractivity contribution in [3.05, 3.63) is 47.9 Å². The number of nitrogens with zero attached hydrogens (tertiary/aromatic N) is 2. The van der Waals surface area contributed by atoms with Crippen molar-refractivity contribution >= 4 is 11.8 Å². The zero-order valence-corrected chi connectivity index (χ0v) is 10.2. The highest BCUT2D eigenvalue weighted by molar-refractivity contribution is 5.92. The van der Waals surface area contributed by atoms with Crippen LogP contribution in [-0.4, -0.2) is 22.1 Å². The summed E-state index contributed by atoms with van der Waals surface area (Å²) >= 11 is 0. The van der Waals surface area contributed by atoms with E-state index in [9.17, 15) is 4.79 Å². The zero-order chi connectivity index (χ0) is 13.0. The minimum atomic E-state index is -0.484. The number of ether oxygens (including phenoxy) is 1. The molecule has 5 heteroatoms. The molecule has 0 aliphatic rings. The highest BCUT2D eigenvalue weighted by atomic mass is 16.5. The fourth-order valence-electron chi connectivity index (χ4n) is 1.65. The van der Waals surface area contributed by atoms with E-state index >= 15 is 0 Å². The van der Waals surface area contributed by atoms with Crippen LogP contribution in [0.4, 0.5) is 5.82 Å². The molecule has 1 aromatic carbocycles. The highest BCUT2D eigenvalue weighted by Crippen LogP contribution is 2.13. The molecule has 18 heavy (non-hydrogen) atoms. The number of aromatic nitrogens is 2. The largest absolute Gasteiger partial charge is 0.461 e. The van der Waals surface area contributed by atoms with Crippen molar-refractivity contribution in [3.63, 3.8) is 0 Å². The van der Waals surface area contributed by atoms with Gasteiger partial charge in [0, 0.05) is 0 Å². The number of rotatable bonds is 4. The molecular formula is C13H15N3O2. The normalized spacial score (nSPS) is 10.3. The van der Waals surface area contributed by atoms with Crippen LogP contribution in [0.5, 0.6) is 0 Å². The molecule has 0 saturated heterocycles. The van der Waals surface area contributed by atoms with E-state index in [-0.39, 0.29) is 5.69 Å². The number of anilines is 1. The Morgan fingerprint density at radius 1 is 1.39 bits per heavy atom. The Balaban J connectivity index is 2.18. The number of hydrogen-bond acceptors (Lipinski definition) is 4. The molecule has 0 radical (unpaired) electrons. The summed E-state index contributed by atoms with van der Waals surface area (Å²) in [5.41, 5.74) is 7.15. The van der Waals surface area contributed by atoms with Crippen molar-refractivity contribution in [2.75, 3.05) is 12.3 Å². The third-order valence-electron chi connectivity index (χ3n) is 2.54. The summed E-state index contributed by atoms with van der Waals surface area (Å²) < 4.78 is 6.60. The maximum Gasteiger partial charge on any atom is 0.360 e. The monoisotopic (exact) mass is 245 g/mol. The first kappa shape index (κ1) is 12.2. The molecule has 5 nitrogen and oxygen atoms in total. The lowest BCUT2D eigenvalue weighted by atomic mass is 10.2. The van der Waals surface area contributed by atoms with Crippen LogP contribution in [-0.2, 0) is 11.3 Å². The summed E-state index contributed by atoms with van der Waals surface area (Å²) in [6, 6.07) is 9.83. The second-order valence-electron chi connectivity index (χ2n) is 3.81. The topological polar surface area (TPSA) is 70.1 Å². The lowest BCUT2D eigenvalue weighted by Crippen LogP contribution is -2.10. The Labute approximate surface area is 105 Å². The van der Waals surface area contributed by atoms with Crippen LogP contribution in [0.25, 0.3) is 0 Å². The number of imidazole rings is 1. The molecule has 0 bridgehead atoms. The van der Waals surface area contributed by atoms with Gasteiger partial charge in [0.05, 0.1) is 19.5 Å². The minimum Gasteiger partial charge on any atom is -0.461 e. The first-order chi connectivity index (χ1) is 8.72. The quantitative estimate of drug-likeness (QED) is 0.832. The molecule has 0 atom stereocenters. The van der Waals surface area contributed by atoms with Crippen molar-refractivity contribution in [1.29, 1.82) is 0 Å². The summed E-state index contributed by atoms with van der Waals surface area (Å²) in [5.74, 6) is -0.154. The van der Waals surface area contributed by atoms with Gasteiger partial charge in [0.15, 0.2) is 5.69 Å². The summed E-state index contributed by atoms with van der Waals surface area (Å²) in [4.78, 5) is 15.5. The van der Waals surface area contributed by atoms with Crippen molar-refractivity contribution in [1.82, 2.24) is 9.55 Å². The van der Waals surface area contributed by atoms with Crippen LogP contribution in [0.3, 0.4) is 0 Å². The molecule has 0 aliphatic carbocycles. The molecule has 0 aliphatic heterocycles. The number of benzene rings is 1. The van der Waals surface area contributed by atoms with E-state index in [0.717, 1.165) is 5.56 Å². The molecule has 2 rings (SSSR count). The van der Waals surface area contributed by atoms with E-state index in [0.29, 0.717) is 19.0 Å². The second kappa shape index (κ2) is 5.35. The van der Waals surface area contributed by atoms with Gasteiger partial charge in [0.1, 0.15) is 5.82 Å². The standard InChI is InChI=1S/C13H15N3O2/c1-2-18-13(17)11-12(14)16(9-15-11)8-10-6-4-3-5-7-10/h3-7,9H,2,8,14H2,1H3. The fraction of sp³-hybridized carbons (Fsp3) is 0.231. The Kier molecular flexibility index (Phi) is 3.62. The van der Waals surface area contributed by atoms with Crippen molar-refractivity contribution < 1.29 is 9.53 Å². The van der Waals surface area contributed by atoms with E-state index < -0.39 is 5.97 Å². The van der Waals surface area contributed by atoms with Gasteiger partial charge in [0.2, 0.25) is 0 Å². The summed E-state index contributed by atoms with van der Waals surface area (Å²) in [7, 11) is 0. The molecule has 0 unspecified atom stereocenters. The van der Waals surface area contributed by atoms with Gasteiger partial charge < -0.3 is 15.0 Å². The predicted molar refractivity (Wildman–Crippen MR) is 68.1 cm³/mol. The molecule has 1 heterocycles. The van der Waals surface area contributed by atoms with Crippen molar-refractivity contribution in [2.24, 2.45) is 0 Å². The number of carbonyl (C=O) groups is 1. The average molecular weight is 245 g/mol. The Hall–Kier alpha value is -2.30. The number of carbonyl (C=O) groups excluding carboxylic acids is 1. The van der Waals surface area contributed by atoms with Gasteiger partial charge in [-0.1, -0.05) is 30.3 Å². The molecular weight excluding hydrogens is 230 g/mol. The highest BCUT2D eigenvalue weighted by Gasteiger charge is 2.16. The Morgan fingerprint density at radius 2 is 2.11 bits per heavy atom. The van der Waals surface area contributed by atoms with E-state index in [1.165, 1.54) is 0 Å². The van der Waals surface area contributed by atoms with Crippen molar-refractivity contribution in [2.45, 2.75) is 13.5 Å². The first-order valence-electron chi connectivity index (χ1n) is 5.74. The Morgan fingerprint density at radius 3 is 2.78 bits per heavy atom. The van der Waals surface area contributed by atoms with Crippen LogP contribution in [0.15, 0.2) is 36.7 Å². The van der Waals surface area contributed by atoms with Crippen LogP contribution in [0, 0.1) is 0 Å². The summed E-state index contributed by atoms with van der Waals surface area (Å²) in [5, 5.41) is 0. The number of hydrogen-bond donors (Lipinski definition) is 1. The fourth-order valence-corrected chi connectivity index (χ4v) is 1.65. The van der Waals surface area contributed by atoms with Gasteiger partial charge in [-0.05, 0) is 12.5 Å². The lowest BCUT2D eigenvalue weighted by molar-refractivity contribution is 0.0521. The minimum absolute atomic E-state index is 0.174. The molecule has 0 saturated carbocycles. The van der Waals surface area contributed by atoms with Crippen LogP contribution in [0.2, 0.25) is 0 Å². The maximum atomic E-state index is 11.6.